The lowest BCUT2D eigenvalue weighted by Gasteiger charge is -2.41. The van der Waals surface area contributed by atoms with Crippen LogP contribution in [0.25, 0.3) is 0 Å². The topological polar surface area (TPSA) is 40.2 Å². The molecule has 0 aliphatic carbocycles. The van der Waals surface area contributed by atoms with Gasteiger partial charge in [0.2, 0.25) is 8.32 Å². The molecule has 2 rings (SSSR count). The van der Waals surface area contributed by atoms with E-state index in [0.29, 0.717) is 13.0 Å². The summed E-state index contributed by atoms with van der Waals surface area (Å²) in [6.45, 7) is 13.1. The van der Waals surface area contributed by atoms with Crippen molar-refractivity contribution in [2.45, 2.75) is 45.2 Å². The summed E-state index contributed by atoms with van der Waals surface area (Å²) < 4.78 is 16.9. The van der Waals surface area contributed by atoms with Crippen molar-refractivity contribution in [3.63, 3.8) is 0 Å². The smallest absolute Gasteiger partial charge is 0.223 e. The molecule has 1 aliphatic rings. The molecule has 2 atom stereocenters. The fraction of sp³-hybridized carbons (Fsp3) is 0.529. The highest BCUT2D eigenvalue weighted by atomic mass is 28.4. The number of allylic oxidation sites excluding steroid dienone is 1. The molecule has 1 aromatic carbocycles. The van der Waals surface area contributed by atoms with Crippen molar-refractivity contribution in [3.8, 4) is 5.75 Å². The Balaban J connectivity index is 2.22. The van der Waals surface area contributed by atoms with Crippen LogP contribution in [0.1, 0.15) is 24.8 Å². The molecule has 128 valence electrons. The zero-order valence-corrected chi connectivity index (χ0v) is 15.7. The third kappa shape index (κ3) is 4.81. The maximum absolute atomic E-state index is 6.01. The van der Waals surface area contributed by atoms with Crippen molar-refractivity contribution >= 4 is 8.32 Å². The Hall–Kier alpha value is -1.34. The largest absolute Gasteiger partial charge is 0.497 e. The minimum absolute atomic E-state index is 0.0857. The molecular formula is C17H27NO4Si. The number of hydrogen-bond donors (Lipinski definition) is 0. The molecule has 0 aromatic heterocycles. The van der Waals surface area contributed by atoms with E-state index in [9.17, 15) is 0 Å². The number of hydroxylamine groups is 2. The maximum Gasteiger partial charge on any atom is 0.223 e. The van der Waals surface area contributed by atoms with Gasteiger partial charge in [-0.25, -0.2) is 4.84 Å². The average molecular weight is 337 g/mol. The van der Waals surface area contributed by atoms with Crippen LogP contribution < -0.4 is 4.74 Å². The summed E-state index contributed by atoms with van der Waals surface area (Å²) in [5.74, 6) is 0.922. The second kappa shape index (κ2) is 7.48. The Kier molecular flexibility index (Phi) is 5.86. The van der Waals surface area contributed by atoms with Crippen molar-refractivity contribution < 1.29 is 18.8 Å². The number of methoxy groups -OCH3 is 1. The maximum atomic E-state index is 6.01. The first kappa shape index (κ1) is 18.0. The van der Waals surface area contributed by atoms with Gasteiger partial charge in [0.05, 0.1) is 12.8 Å². The zero-order chi connectivity index (χ0) is 17.0. The van der Waals surface area contributed by atoms with Gasteiger partial charge in [0, 0.05) is 18.9 Å². The van der Waals surface area contributed by atoms with E-state index in [0.717, 1.165) is 17.0 Å². The number of hydrogen-bond acceptors (Lipinski definition) is 5. The van der Waals surface area contributed by atoms with Gasteiger partial charge in [0.1, 0.15) is 5.75 Å². The van der Waals surface area contributed by atoms with E-state index in [1.807, 2.05) is 19.1 Å². The predicted molar refractivity (Wildman–Crippen MR) is 92.3 cm³/mol. The van der Waals surface area contributed by atoms with Crippen LogP contribution in [0.4, 0.5) is 0 Å². The Morgan fingerprint density at radius 1 is 1.26 bits per heavy atom. The van der Waals surface area contributed by atoms with Gasteiger partial charge in [0.25, 0.3) is 0 Å². The van der Waals surface area contributed by atoms with Crippen LogP contribution >= 0.6 is 0 Å². The third-order valence-electron chi connectivity index (χ3n) is 3.51. The summed E-state index contributed by atoms with van der Waals surface area (Å²) in [6, 6.07) is 8.01. The van der Waals surface area contributed by atoms with Gasteiger partial charge >= 0.3 is 0 Å². The Morgan fingerprint density at radius 3 is 2.43 bits per heavy atom. The van der Waals surface area contributed by atoms with E-state index in [-0.39, 0.29) is 12.2 Å². The van der Waals surface area contributed by atoms with Crippen molar-refractivity contribution in [2.24, 2.45) is 0 Å². The normalized spacial score (nSPS) is 22.3. The minimum atomic E-state index is -1.82. The lowest BCUT2D eigenvalue weighted by atomic mass is 9.92. The van der Waals surface area contributed by atoms with Crippen LogP contribution in [0.2, 0.25) is 19.6 Å². The predicted octanol–water partition coefficient (Wildman–Crippen LogP) is 4.06. The molecule has 6 heteroatoms. The zero-order valence-electron chi connectivity index (χ0n) is 14.7. The Labute approximate surface area is 139 Å². The SMILES string of the molecule is C=C1[C@@H](c2ccc(OC)cc2)C[C@H](OCC)ON1O[Si](C)(C)C. The molecule has 23 heavy (non-hydrogen) atoms. The molecule has 1 saturated heterocycles. The number of rotatable bonds is 6. The lowest BCUT2D eigenvalue weighted by molar-refractivity contribution is -0.384. The van der Waals surface area contributed by atoms with Crippen LogP contribution in [0.5, 0.6) is 5.75 Å². The summed E-state index contributed by atoms with van der Waals surface area (Å²) in [4.78, 5) is 5.81. The van der Waals surface area contributed by atoms with Crippen molar-refractivity contribution in [1.82, 2.24) is 5.23 Å². The van der Waals surface area contributed by atoms with E-state index in [1.54, 1.807) is 7.11 Å². The average Bonchev–Trinajstić information content (AvgIpc) is 2.49. The number of ether oxygens (including phenoxy) is 2. The van der Waals surface area contributed by atoms with Gasteiger partial charge in [-0.2, -0.15) is 0 Å². The highest BCUT2D eigenvalue weighted by molar-refractivity contribution is 6.69. The van der Waals surface area contributed by atoms with Crippen LogP contribution in [0.3, 0.4) is 0 Å². The van der Waals surface area contributed by atoms with Gasteiger partial charge in [0.15, 0.2) is 6.29 Å². The molecule has 1 heterocycles. The molecule has 0 saturated carbocycles. The highest BCUT2D eigenvalue weighted by Gasteiger charge is 2.36. The van der Waals surface area contributed by atoms with E-state index >= 15 is 0 Å². The van der Waals surface area contributed by atoms with Gasteiger partial charge in [-0.05, 0) is 44.3 Å². The van der Waals surface area contributed by atoms with E-state index in [2.05, 4.69) is 38.4 Å². The first-order valence-corrected chi connectivity index (χ1v) is 11.3. The fourth-order valence-electron chi connectivity index (χ4n) is 2.45. The molecule has 0 spiro atoms. The Morgan fingerprint density at radius 2 is 1.91 bits per heavy atom. The van der Waals surface area contributed by atoms with Crippen molar-refractivity contribution in [1.29, 1.82) is 0 Å². The van der Waals surface area contributed by atoms with E-state index in [4.69, 9.17) is 18.8 Å². The van der Waals surface area contributed by atoms with Crippen molar-refractivity contribution in [2.75, 3.05) is 13.7 Å². The molecule has 0 unspecified atom stereocenters. The minimum Gasteiger partial charge on any atom is -0.497 e. The summed E-state index contributed by atoms with van der Waals surface area (Å²) in [5, 5.41) is 1.48. The fourth-order valence-corrected chi connectivity index (χ4v) is 3.11. The monoisotopic (exact) mass is 337 g/mol. The van der Waals surface area contributed by atoms with Crippen LogP contribution in [-0.2, 0) is 14.1 Å². The molecule has 0 radical (unpaired) electrons. The van der Waals surface area contributed by atoms with Gasteiger partial charge in [-0.1, -0.05) is 18.7 Å². The highest BCUT2D eigenvalue weighted by Crippen LogP contribution is 2.38. The van der Waals surface area contributed by atoms with Gasteiger partial charge < -0.3 is 9.47 Å². The second-order valence-corrected chi connectivity index (χ2v) is 10.9. The molecular weight excluding hydrogens is 310 g/mol. The molecule has 0 amide bonds. The van der Waals surface area contributed by atoms with Crippen LogP contribution in [0, 0.1) is 0 Å². The summed E-state index contributed by atoms with van der Waals surface area (Å²) in [5.41, 5.74) is 1.95. The van der Waals surface area contributed by atoms with Gasteiger partial charge in [-0.15, -0.1) is 5.23 Å². The standard InChI is InChI=1S/C17H27NO4Si/c1-7-20-17-12-16(14-8-10-15(19-3)11-9-14)13(2)18(21-17)22-23(4,5)6/h8-11,16-17H,2,7,12H2,1,3-6H3/t16-,17+/m0/s1. The molecule has 1 aliphatic heterocycles. The quantitative estimate of drug-likeness (QED) is 0.732. The Bertz CT molecular complexity index is 526. The van der Waals surface area contributed by atoms with E-state index < -0.39 is 8.32 Å². The second-order valence-electron chi connectivity index (χ2n) is 6.50. The molecule has 0 bridgehead atoms. The summed E-state index contributed by atoms with van der Waals surface area (Å²) >= 11 is 0. The number of benzene rings is 1. The third-order valence-corrected chi connectivity index (χ3v) is 4.22. The summed E-state index contributed by atoms with van der Waals surface area (Å²) in [6.07, 6.45) is 0.374. The molecule has 5 nitrogen and oxygen atoms in total. The lowest BCUT2D eigenvalue weighted by Crippen LogP contribution is -2.44. The van der Waals surface area contributed by atoms with Crippen LogP contribution in [-0.4, -0.2) is 33.6 Å². The molecule has 1 aromatic rings. The molecule has 1 fully saturated rings. The molecule has 0 N–H and O–H groups in total. The first-order valence-electron chi connectivity index (χ1n) is 7.94. The van der Waals surface area contributed by atoms with Crippen molar-refractivity contribution in [3.05, 3.63) is 42.1 Å². The van der Waals surface area contributed by atoms with Gasteiger partial charge in [-0.3, -0.25) is 4.53 Å². The first-order chi connectivity index (χ1) is 10.8. The van der Waals surface area contributed by atoms with E-state index in [1.165, 1.54) is 5.23 Å². The van der Waals surface area contributed by atoms with Crippen LogP contribution in [0.15, 0.2) is 36.5 Å². The number of nitrogens with zero attached hydrogens (tertiary/aromatic N) is 1. The summed E-state index contributed by atoms with van der Waals surface area (Å²) in [7, 11) is -0.156.